The van der Waals surface area contributed by atoms with E-state index in [2.05, 4.69) is 4.98 Å². The minimum Gasteiger partial charge on any atom is -0.494 e. The average molecular weight is 505 g/mol. The number of rotatable bonds is 6. The summed E-state index contributed by atoms with van der Waals surface area (Å²) in [6, 6.07) is 15.7. The molecule has 0 aliphatic heterocycles. The van der Waals surface area contributed by atoms with E-state index in [0.717, 1.165) is 11.3 Å². The number of aromatic nitrogens is 1. The Balaban J connectivity index is 1.72. The largest absolute Gasteiger partial charge is 0.494 e. The predicted octanol–water partition coefficient (Wildman–Crippen LogP) is 8.20. The molecule has 4 aromatic rings. The number of aromatic carboxylic acids is 1. The smallest absolute Gasteiger partial charge is 0.336 e. The zero-order valence-corrected chi connectivity index (χ0v) is 19.8. The van der Waals surface area contributed by atoms with Gasteiger partial charge in [-0.3, -0.25) is 0 Å². The molecule has 0 spiro atoms. The van der Waals surface area contributed by atoms with Crippen molar-refractivity contribution in [3.63, 3.8) is 0 Å². The number of nitrogens with zero attached hydrogens (tertiary/aromatic N) is 1. The highest BCUT2D eigenvalue weighted by Crippen LogP contribution is 2.37. The van der Waals surface area contributed by atoms with Crippen molar-refractivity contribution in [1.29, 1.82) is 0 Å². The van der Waals surface area contributed by atoms with Gasteiger partial charge in [0.1, 0.15) is 10.8 Å². The molecule has 4 nitrogen and oxygen atoms in total. The van der Waals surface area contributed by atoms with Gasteiger partial charge in [0, 0.05) is 22.1 Å². The maximum atomic E-state index is 12.0. The van der Waals surface area contributed by atoms with Gasteiger partial charge in [-0.15, -0.1) is 11.3 Å². The summed E-state index contributed by atoms with van der Waals surface area (Å²) in [7, 11) is 0. The van der Waals surface area contributed by atoms with Crippen LogP contribution in [0.3, 0.4) is 0 Å². The monoisotopic (exact) mass is 503 g/mol. The molecule has 0 aliphatic carbocycles. The number of thiazole rings is 1. The first-order valence-electron chi connectivity index (χ1n) is 9.58. The molecule has 0 saturated heterocycles. The predicted molar refractivity (Wildman–Crippen MR) is 132 cm³/mol. The normalized spacial score (nSPS) is 10.9. The second-order valence-corrected chi connectivity index (χ2v) is 8.89. The molecule has 1 heterocycles. The molecular weight excluding hydrogens is 489 g/mol. The van der Waals surface area contributed by atoms with Crippen molar-refractivity contribution in [3.8, 4) is 38.7 Å². The maximum Gasteiger partial charge on any atom is 0.336 e. The molecule has 1 N–H and O–H groups in total. The summed E-state index contributed by atoms with van der Waals surface area (Å²) in [6.07, 6.45) is 0. The summed E-state index contributed by atoms with van der Waals surface area (Å²) in [5, 5.41) is 13.8. The van der Waals surface area contributed by atoms with E-state index in [4.69, 9.17) is 39.5 Å². The Morgan fingerprint density at radius 3 is 2.38 bits per heavy atom. The molecule has 0 radical (unpaired) electrons. The van der Waals surface area contributed by atoms with Crippen molar-refractivity contribution < 1.29 is 14.6 Å². The number of hydrogen-bond donors (Lipinski definition) is 1. The number of halogens is 3. The van der Waals surface area contributed by atoms with E-state index in [9.17, 15) is 9.90 Å². The van der Waals surface area contributed by atoms with Crippen LogP contribution in [0.5, 0.6) is 5.75 Å². The summed E-state index contributed by atoms with van der Waals surface area (Å²) in [5.74, 6) is -0.416. The van der Waals surface area contributed by atoms with Gasteiger partial charge in [-0.2, -0.15) is 0 Å². The molecule has 0 atom stereocenters. The molecule has 0 fully saturated rings. The van der Waals surface area contributed by atoms with Gasteiger partial charge in [0.25, 0.3) is 0 Å². The Kier molecular flexibility index (Phi) is 6.72. The molecule has 0 bridgehead atoms. The fourth-order valence-electron chi connectivity index (χ4n) is 3.25. The molecular formula is C24H16Cl3NO3S. The van der Waals surface area contributed by atoms with E-state index in [1.54, 1.807) is 42.5 Å². The van der Waals surface area contributed by atoms with Crippen LogP contribution >= 0.6 is 46.1 Å². The average Bonchev–Trinajstić information content (AvgIpc) is 3.26. The van der Waals surface area contributed by atoms with E-state index >= 15 is 0 Å². The number of carbonyl (C=O) groups is 1. The van der Waals surface area contributed by atoms with Crippen LogP contribution < -0.4 is 4.74 Å². The van der Waals surface area contributed by atoms with Crippen molar-refractivity contribution in [2.75, 3.05) is 6.61 Å². The zero-order chi connectivity index (χ0) is 22.8. The topological polar surface area (TPSA) is 59.4 Å². The van der Waals surface area contributed by atoms with E-state index in [1.807, 2.05) is 24.4 Å². The van der Waals surface area contributed by atoms with Crippen molar-refractivity contribution >= 4 is 52.1 Å². The number of benzene rings is 3. The third kappa shape index (κ3) is 4.62. The third-order valence-electron chi connectivity index (χ3n) is 4.76. The summed E-state index contributed by atoms with van der Waals surface area (Å²) < 4.78 is 5.46. The van der Waals surface area contributed by atoms with Gasteiger partial charge in [-0.05, 0) is 48.9 Å². The lowest BCUT2D eigenvalue weighted by Gasteiger charge is -2.11. The van der Waals surface area contributed by atoms with Crippen molar-refractivity contribution in [2.24, 2.45) is 0 Å². The first-order valence-corrected chi connectivity index (χ1v) is 11.6. The van der Waals surface area contributed by atoms with Gasteiger partial charge in [0.05, 0.1) is 32.9 Å². The molecule has 8 heteroatoms. The summed E-state index contributed by atoms with van der Waals surface area (Å²) in [6.45, 7) is 2.40. The molecule has 4 rings (SSSR count). The summed E-state index contributed by atoms with van der Waals surface area (Å²) >= 11 is 20.0. The van der Waals surface area contributed by atoms with Crippen LogP contribution in [-0.2, 0) is 0 Å². The van der Waals surface area contributed by atoms with Crippen LogP contribution in [0.15, 0.2) is 60.0 Å². The number of hydrogen-bond acceptors (Lipinski definition) is 4. The second-order valence-electron chi connectivity index (χ2n) is 6.81. The first-order chi connectivity index (χ1) is 15.4. The number of carboxylic acids is 1. The van der Waals surface area contributed by atoms with E-state index in [1.165, 1.54) is 11.3 Å². The van der Waals surface area contributed by atoms with E-state index in [0.29, 0.717) is 49.1 Å². The fraction of sp³-hybridized carbons (Fsp3) is 0.0833. The molecule has 0 unspecified atom stereocenters. The fourth-order valence-corrected chi connectivity index (χ4v) is 4.65. The van der Waals surface area contributed by atoms with Crippen molar-refractivity contribution in [1.82, 2.24) is 4.98 Å². The maximum absolute atomic E-state index is 12.0. The van der Waals surface area contributed by atoms with Crippen LogP contribution in [0.25, 0.3) is 33.0 Å². The molecule has 1 aromatic heterocycles. The molecule has 0 aliphatic rings. The van der Waals surface area contributed by atoms with Crippen LogP contribution in [0.2, 0.25) is 15.1 Å². The Morgan fingerprint density at radius 1 is 0.938 bits per heavy atom. The summed E-state index contributed by atoms with van der Waals surface area (Å²) in [4.78, 5) is 16.7. The SMILES string of the molecule is CCOc1ccc(-c2ccc(-c3nc(-c4ccc(Cl)c(Cl)c4)cs3)cc2C(=O)O)c(Cl)c1. The van der Waals surface area contributed by atoms with Gasteiger partial charge in [-0.1, -0.05) is 53.0 Å². The molecule has 3 aromatic carbocycles. The minimum atomic E-state index is -1.05. The van der Waals surface area contributed by atoms with Gasteiger partial charge in [0.15, 0.2) is 0 Å². The standard InChI is InChI=1S/C24H16Cl3NO3S/c1-2-31-15-5-7-17(20(26)11-15)16-6-3-14(9-18(16)24(29)30)23-28-22(12-32-23)13-4-8-19(25)21(27)10-13/h3-12H,2H2,1H3,(H,29,30). The zero-order valence-electron chi connectivity index (χ0n) is 16.7. The second kappa shape index (κ2) is 9.51. The van der Waals surface area contributed by atoms with Crippen LogP contribution in [-0.4, -0.2) is 22.7 Å². The third-order valence-corrected chi connectivity index (χ3v) is 6.70. The van der Waals surface area contributed by atoms with Gasteiger partial charge in [0.2, 0.25) is 0 Å². The molecule has 32 heavy (non-hydrogen) atoms. The lowest BCUT2D eigenvalue weighted by atomic mass is 9.97. The quantitative estimate of drug-likeness (QED) is 0.287. The Labute approximate surface area is 204 Å². The molecule has 0 saturated carbocycles. The summed E-state index contributed by atoms with van der Waals surface area (Å²) in [5.41, 5.74) is 3.55. The highest BCUT2D eigenvalue weighted by atomic mass is 35.5. The first kappa shape index (κ1) is 22.6. The van der Waals surface area contributed by atoms with Gasteiger partial charge >= 0.3 is 5.97 Å². The Morgan fingerprint density at radius 2 is 1.69 bits per heavy atom. The highest BCUT2D eigenvalue weighted by molar-refractivity contribution is 7.13. The van der Waals surface area contributed by atoms with Gasteiger partial charge in [-0.25, -0.2) is 9.78 Å². The van der Waals surface area contributed by atoms with E-state index < -0.39 is 5.97 Å². The Hall–Kier alpha value is -2.57. The number of ether oxygens (including phenoxy) is 1. The van der Waals surface area contributed by atoms with Crippen molar-refractivity contribution in [3.05, 3.63) is 80.6 Å². The van der Waals surface area contributed by atoms with Gasteiger partial charge < -0.3 is 9.84 Å². The minimum absolute atomic E-state index is 0.139. The van der Waals surface area contributed by atoms with Crippen molar-refractivity contribution in [2.45, 2.75) is 6.92 Å². The Bertz CT molecular complexity index is 1320. The van der Waals surface area contributed by atoms with E-state index in [-0.39, 0.29) is 5.56 Å². The number of carboxylic acid groups (broad SMARTS) is 1. The lowest BCUT2D eigenvalue weighted by molar-refractivity contribution is 0.0698. The van der Waals surface area contributed by atoms with Crippen LogP contribution in [0.4, 0.5) is 0 Å². The molecule has 0 amide bonds. The van der Waals surface area contributed by atoms with Crippen LogP contribution in [0.1, 0.15) is 17.3 Å². The highest BCUT2D eigenvalue weighted by Gasteiger charge is 2.17. The molecule has 162 valence electrons. The van der Waals surface area contributed by atoms with Crippen LogP contribution in [0, 0.1) is 0 Å². The lowest BCUT2D eigenvalue weighted by Crippen LogP contribution is -2.01.